The van der Waals surface area contributed by atoms with E-state index in [2.05, 4.69) is 10.5 Å². The molecule has 2 aromatic carbocycles. The number of carbonyl (C=O) groups excluding carboxylic acids is 1. The quantitative estimate of drug-likeness (QED) is 0.646. The smallest absolute Gasteiger partial charge is 0.244 e. The lowest BCUT2D eigenvalue weighted by molar-refractivity contribution is -0.120. The first kappa shape index (κ1) is 16.8. The van der Waals surface area contributed by atoms with Crippen LogP contribution in [0.3, 0.4) is 0 Å². The molecule has 0 atom stereocenters. The lowest BCUT2D eigenvalue weighted by atomic mass is 10.1. The first-order valence-corrected chi connectivity index (χ1v) is 7.78. The van der Waals surface area contributed by atoms with Gasteiger partial charge in [0.05, 0.1) is 19.2 Å². The molecule has 1 heterocycles. The maximum absolute atomic E-state index is 12.9. The highest BCUT2D eigenvalue weighted by atomic mass is 19.1. The zero-order chi connectivity index (χ0) is 17.6. The van der Waals surface area contributed by atoms with Crippen LogP contribution in [0.2, 0.25) is 0 Å². The molecule has 0 aliphatic carbocycles. The van der Waals surface area contributed by atoms with Crippen molar-refractivity contribution in [3.05, 3.63) is 53.3 Å². The Morgan fingerprint density at radius 1 is 1.28 bits per heavy atom. The van der Waals surface area contributed by atoms with Crippen LogP contribution in [0.15, 0.2) is 41.5 Å². The number of hydrogen-bond donors (Lipinski definition) is 1. The molecule has 130 valence electrons. The molecule has 25 heavy (non-hydrogen) atoms. The lowest BCUT2D eigenvalue weighted by Crippen LogP contribution is -2.19. The molecule has 0 spiro atoms. The predicted molar refractivity (Wildman–Crippen MR) is 89.6 cm³/mol. The van der Waals surface area contributed by atoms with Gasteiger partial charge in [-0.05, 0) is 30.7 Å². The summed E-state index contributed by atoms with van der Waals surface area (Å²) in [6.45, 7) is 2.52. The van der Waals surface area contributed by atoms with Gasteiger partial charge in [-0.1, -0.05) is 12.1 Å². The van der Waals surface area contributed by atoms with Gasteiger partial charge in [0.1, 0.15) is 11.6 Å². The van der Waals surface area contributed by atoms with Crippen LogP contribution in [0.25, 0.3) is 0 Å². The average Bonchev–Trinajstić information content (AvgIpc) is 3.04. The Labute approximate surface area is 144 Å². The van der Waals surface area contributed by atoms with E-state index in [9.17, 15) is 9.18 Å². The molecule has 1 amide bonds. The van der Waals surface area contributed by atoms with E-state index in [1.165, 1.54) is 18.3 Å². The summed E-state index contributed by atoms with van der Waals surface area (Å²) >= 11 is 0. The van der Waals surface area contributed by atoms with Gasteiger partial charge in [0.2, 0.25) is 12.7 Å². The Morgan fingerprint density at radius 2 is 2.00 bits per heavy atom. The summed E-state index contributed by atoms with van der Waals surface area (Å²) in [7, 11) is 0. The van der Waals surface area contributed by atoms with Crippen LogP contribution in [-0.2, 0) is 11.2 Å². The van der Waals surface area contributed by atoms with Crippen molar-refractivity contribution in [3.63, 3.8) is 0 Å². The number of hydrogen-bond acceptors (Lipinski definition) is 5. The van der Waals surface area contributed by atoms with Crippen LogP contribution < -0.4 is 19.6 Å². The molecule has 0 saturated heterocycles. The van der Waals surface area contributed by atoms with Crippen LogP contribution in [0, 0.1) is 5.82 Å². The van der Waals surface area contributed by atoms with Crippen molar-refractivity contribution in [2.24, 2.45) is 5.10 Å². The Bertz CT molecular complexity index is 790. The molecule has 1 aliphatic rings. The molecule has 0 fully saturated rings. The minimum absolute atomic E-state index is 0.108. The first-order chi connectivity index (χ1) is 12.2. The maximum Gasteiger partial charge on any atom is 0.244 e. The summed E-state index contributed by atoms with van der Waals surface area (Å²) in [5.41, 5.74) is 3.80. The van der Waals surface area contributed by atoms with Crippen LogP contribution in [0.1, 0.15) is 18.1 Å². The number of nitrogens with one attached hydrogen (secondary N) is 1. The van der Waals surface area contributed by atoms with Crippen LogP contribution in [0.4, 0.5) is 4.39 Å². The number of rotatable bonds is 6. The summed E-state index contributed by atoms with van der Waals surface area (Å²) < 4.78 is 29.1. The van der Waals surface area contributed by atoms with Crippen LogP contribution >= 0.6 is 0 Å². The fourth-order valence-corrected chi connectivity index (χ4v) is 2.32. The summed E-state index contributed by atoms with van der Waals surface area (Å²) in [6.07, 6.45) is 1.59. The molecular formula is C18H17FN2O4. The molecule has 1 N–H and O–H groups in total. The third-order valence-corrected chi connectivity index (χ3v) is 3.48. The number of amides is 1. The monoisotopic (exact) mass is 344 g/mol. The average molecular weight is 344 g/mol. The highest BCUT2D eigenvalue weighted by molar-refractivity contribution is 5.87. The van der Waals surface area contributed by atoms with E-state index in [-0.39, 0.29) is 24.9 Å². The maximum atomic E-state index is 12.9. The van der Waals surface area contributed by atoms with Crippen LogP contribution in [0.5, 0.6) is 17.2 Å². The highest BCUT2D eigenvalue weighted by Gasteiger charge is 2.17. The second kappa shape index (κ2) is 7.65. The van der Waals surface area contributed by atoms with E-state index in [0.29, 0.717) is 35.0 Å². The number of ether oxygens (including phenoxy) is 3. The highest BCUT2D eigenvalue weighted by Crippen LogP contribution is 2.37. The van der Waals surface area contributed by atoms with Crippen molar-refractivity contribution in [2.45, 2.75) is 13.3 Å². The Kier molecular flexibility index (Phi) is 5.13. The van der Waals surface area contributed by atoms with Gasteiger partial charge in [-0.15, -0.1) is 0 Å². The molecule has 1 aliphatic heterocycles. The summed E-state index contributed by atoms with van der Waals surface area (Å²) in [5, 5.41) is 3.95. The van der Waals surface area contributed by atoms with Crippen molar-refractivity contribution in [1.29, 1.82) is 0 Å². The summed E-state index contributed by atoms with van der Waals surface area (Å²) in [6, 6.07) is 9.21. The minimum atomic E-state index is -0.339. The predicted octanol–water partition coefficient (Wildman–Crippen LogP) is 2.65. The molecule has 0 aromatic heterocycles. The number of halogens is 1. The fraction of sp³-hybridized carbons (Fsp3) is 0.222. The molecule has 3 rings (SSSR count). The van der Waals surface area contributed by atoms with E-state index >= 15 is 0 Å². The number of benzene rings is 2. The molecule has 7 heteroatoms. The van der Waals surface area contributed by atoms with Gasteiger partial charge < -0.3 is 14.2 Å². The van der Waals surface area contributed by atoms with E-state index in [4.69, 9.17) is 14.2 Å². The topological polar surface area (TPSA) is 69.2 Å². The third-order valence-electron chi connectivity index (χ3n) is 3.48. The second-order valence-electron chi connectivity index (χ2n) is 5.27. The fourth-order valence-electron chi connectivity index (χ4n) is 2.32. The summed E-state index contributed by atoms with van der Waals surface area (Å²) in [5.74, 6) is 1.15. The SMILES string of the molecule is CCOc1cc2c(cc1/C=N/NC(=O)Cc1ccc(F)cc1)OCO2. The lowest BCUT2D eigenvalue weighted by Gasteiger charge is -2.08. The van der Waals surface area contributed by atoms with Gasteiger partial charge >= 0.3 is 0 Å². The minimum Gasteiger partial charge on any atom is -0.493 e. The molecule has 2 aromatic rings. The van der Waals surface area contributed by atoms with Gasteiger partial charge in [0.25, 0.3) is 0 Å². The van der Waals surface area contributed by atoms with Gasteiger partial charge in [0.15, 0.2) is 11.5 Å². The molecule has 0 saturated carbocycles. The standard InChI is InChI=1S/C18H17FN2O4/c1-2-23-15-9-17-16(24-11-25-17)8-13(15)10-20-21-18(22)7-12-3-5-14(19)6-4-12/h3-6,8-10H,2,7,11H2,1H3,(H,21,22)/b20-10+. The third kappa shape index (κ3) is 4.26. The van der Waals surface area contributed by atoms with Crippen LogP contribution in [-0.4, -0.2) is 25.5 Å². The summed E-state index contributed by atoms with van der Waals surface area (Å²) in [4.78, 5) is 11.9. The molecule has 6 nitrogen and oxygen atoms in total. The number of hydrazone groups is 1. The van der Waals surface area contributed by atoms with E-state index in [1.807, 2.05) is 6.92 Å². The molecular weight excluding hydrogens is 327 g/mol. The number of carbonyl (C=O) groups is 1. The number of fused-ring (bicyclic) bond motifs is 1. The zero-order valence-corrected chi connectivity index (χ0v) is 13.6. The molecule has 0 radical (unpaired) electrons. The normalized spacial score (nSPS) is 12.4. The zero-order valence-electron chi connectivity index (χ0n) is 13.6. The van der Waals surface area contributed by atoms with Gasteiger partial charge in [-0.25, -0.2) is 9.82 Å². The number of nitrogens with zero attached hydrogens (tertiary/aromatic N) is 1. The van der Waals surface area contributed by atoms with E-state index in [1.54, 1.807) is 24.3 Å². The largest absolute Gasteiger partial charge is 0.493 e. The Balaban J connectivity index is 1.65. The first-order valence-electron chi connectivity index (χ1n) is 7.78. The molecule has 0 unspecified atom stereocenters. The van der Waals surface area contributed by atoms with E-state index in [0.717, 1.165) is 0 Å². The Hall–Kier alpha value is -3.09. The van der Waals surface area contributed by atoms with Gasteiger partial charge in [-0.2, -0.15) is 5.10 Å². The second-order valence-corrected chi connectivity index (χ2v) is 5.27. The van der Waals surface area contributed by atoms with Crippen molar-refractivity contribution >= 4 is 12.1 Å². The van der Waals surface area contributed by atoms with Gasteiger partial charge in [0, 0.05) is 11.6 Å². The molecule has 0 bridgehead atoms. The van der Waals surface area contributed by atoms with Crippen molar-refractivity contribution < 1.29 is 23.4 Å². The van der Waals surface area contributed by atoms with Crippen molar-refractivity contribution in [3.8, 4) is 17.2 Å². The van der Waals surface area contributed by atoms with Gasteiger partial charge in [-0.3, -0.25) is 4.79 Å². The van der Waals surface area contributed by atoms with Crippen molar-refractivity contribution in [1.82, 2.24) is 5.43 Å². The van der Waals surface area contributed by atoms with E-state index < -0.39 is 0 Å². The van der Waals surface area contributed by atoms with Crippen molar-refractivity contribution in [2.75, 3.05) is 13.4 Å². The Morgan fingerprint density at radius 3 is 2.72 bits per heavy atom.